The summed E-state index contributed by atoms with van der Waals surface area (Å²) in [7, 11) is 0. The van der Waals surface area contributed by atoms with Crippen LogP contribution in [0.25, 0.3) is 0 Å². The van der Waals surface area contributed by atoms with Crippen molar-refractivity contribution in [1.82, 2.24) is 9.55 Å². The number of unbranched alkanes of at least 4 members (excludes halogenated alkanes) is 1. The number of aryl methyl sites for hydroxylation is 4. The van der Waals surface area contributed by atoms with Crippen LogP contribution in [0.2, 0.25) is 0 Å². The summed E-state index contributed by atoms with van der Waals surface area (Å²) in [6.07, 6.45) is 10.5. The third-order valence-electron chi connectivity index (χ3n) is 3.87. The van der Waals surface area contributed by atoms with Crippen LogP contribution in [-0.4, -0.2) is 9.55 Å². The fraction of sp³-hybridized carbons (Fsp3) is 0.526. The first-order chi connectivity index (χ1) is 10.3. The molecule has 114 valence electrons. The number of imidazole rings is 1. The molecule has 0 bridgehead atoms. The van der Waals surface area contributed by atoms with Crippen molar-refractivity contribution in [2.75, 3.05) is 0 Å². The first kappa shape index (κ1) is 15.8. The van der Waals surface area contributed by atoms with Crippen molar-refractivity contribution in [1.29, 1.82) is 0 Å². The Bertz CT molecular complexity index is 514. The van der Waals surface area contributed by atoms with Crippen LogP contribution in [0.4, 0.5) is 0 Å². The number of aromatic nitrogens is 2. The Morgan fingerprint density at radius 3 is 2.43 bits per heavy atom. The molecule has 2 nitrogen and oxygen atoms in total. The highest BCUT2D eigenvalue weighted by molar-refractivity contribution is 5.15. The Morgan fingerprint density at radius 1 is 0.905 bits per heavy atom. The largest absolute Gasteiger partial charge is 0.335 e. The minimum Gasteiger partial charge on any atom is -0.335 e. The lowest BCUT2D eigenvalue weighted by Gasteiger charge is -2.04. The van der Waals surface area contributed by atoms with Crippen molar-refractivity contribution < 1.29 is 0 Å². The van der Waals surface area contributed by atoms with E-state index in [-0.39, 0.29) is 0 Å². The quantitative estimate of drug-likeness (QED) is 0.646. The molecule has 1 aromatic heterocycles. The molecule has 0 radical (unpaired) electrons. The molecule has 0 aliphatic carbocycles. The molecule has 1 heterocycles. The molecule has 0 atom stereocenters. The lowest BCUT2D eigenvalue weighted by atomic mass is 10.1. The summed E-state index contributed by atoms with van der Waals surface area (Å²) in [6.45, 7) is 5.58. The molecule has 21 heavy (non-hydrogen) atoms. The van der Waals surface area contributed by atoms with E-state index in [2.05, 4.69) is 54.9 Å². The Hall–Kier alpha value is -1.57. The van der Waals surface area contributed by atoms with E-state index in [1.54, 1.807) is 0 Å². The SMILES string of the molecule is CCCCc1nc(CCCc2ccccc2)cn1CCC. The van der Waals surface area contributed by atoms with Gasteiger partial charge in [-0.3, -0.25) is 0 Å². The summed E-state index contributed by atoms with van der Waals surface area (Å²) < 4.78 is 2.37. The molecule has 0 spiro atoms. The van der Waals surface area contributed by atoms with Crippen molar-refractivity contribution in [2.45, 2.75) is 65.3 Å². The monoisotopic (exact) mass is 284 g/mol. The second-order valence-corrected chi connectivity index (χ2v) is 5.78. The van der Waals surface area contributed by atoms with Gasteiger partial charge in [-0.1, -0.05) is 50.6 Å². The molecule has 2 aromatic rings. The first-order valence-electron chi connectivity index (χ1n) is 8.42. The Morgan fingerprint density at radius 2 is 1.71 bits per heavy atom. The second kappa shape index (κ2) is 8.66. The number of rotatable bonds is 9. The van der Waals surface area contributed by atoms with Crippen LogP contribution in [0.3, 0.4) is 0 Å². The van der Waals surface area contributed by atoms with Crippen LogP contribution in [0.1, 0.15) is 56.6 Å². The van der Waals surface area contributed by atoms with E-state index in [0.717, 1.165) is 25.8 Å². The van der Waals surface area contributed by atoms with E-state index < -0.39 is 0 Å². The van der Waals surface area contributed by atoms with Gasteiger partial charge in [0.05, 0.1) is 5.69 Å². The molecule has 0 fully saturated rings. The zero-order valence-corrected chi connectivity index (χ0v) is 13.5. The molecule has 0 aliphatic heterocycles. The third-order valence-corrected chi connectivity index (χ3v) is 3.87. The molecule has 0 amide bonds. The number of hydrogen-bond acceptors (Lipinski definition) is 1. The Kier molecular flexibility index (Phi) is 6.52. The van der Waals surface area contributed by atoms with Crippen LogP contribution in [0.5, 0.6) is 0 Å². The van der Waals surface area contributed by atoms with Crippen LogP contribution in [0.15, 0.2) is 36.5 Å². The van der Waals surface area contributed by atoms with Crippen LogP contribution in [0, 0.1) is 0 Å². The molecule has 0 saturated heterocycles. The fourth-order valence-corrected chi connectivity index (χ4v) is 2.72. The fourth-order valence-electron chi connectivity index (χ4n) is 2.72. The predicted octanol–water partition coefficient (Wildman–Crippen LogP) is 4.81. The van der Waals surface area contributed by atoms with E-state index >= 15 is 0 Å². The maximum atomic E-state index is 4.86. The van der Waals surface area contributed by atoms with E-state index in [4.69, 9.17) is 4.98 Å². The summed E-state index contributed by atoms with van der Waals surface area (Å²) >= 11 is 0. The number of hydrogen-bond donors (Lipinski definition) is 0. The van der Waals surface area contributed by atoms with Gasteiger partial charge in [0.15, 0.2) is 0 Å². The zero-order chi connectivity index (χ0) is 14.9. The van der Waals surface area contributed by atoms with Gasteiger partial charge in [0.2, 0.25) is 0 Å². The highest BCUT2D eigenvalue weighted by Gasteiger charge is 2.07. The van der Waals surface area contributed by atoms with Crippen molar-refractivity contribution in [3.8, 4) is 0 Å². The van der Waals surface area contributed by atoms with Crippen LogP contribution >= 0.6 is 0 Å². The van der Waals surface area contributed by atoms with Crippen molar-refractivity contribution >= 4 is 0 Å². The smallest absolute Gasteiger partial charge is 0.108 e. The van der Waals surface area contributed by atoms with Crippen molar-refractivity contribution in [2.24, 2.45) is 0 Å². The molecular formula is C19H28N2. The summed E-state index contributed by atoms with van der Waals surface area (Å²) in [6, 6.07) is 10.7. The lowest BCUT2D eigenvalue weighted by Crippen LogP contribution is -2.02. The Balaban J connectivity index is 1.90. The van der Waals surface area contributed by atoms with Gasteiger partial charge >= 0.3 is 0 Å². The highest BCUT2D eigenvalue weighted by Crippen LogP contribution is 2.12. The molecule has 2 rings (SSSR count). The molecule has 0 N–H and O–H groups in total. The van der Waals surface area contributed by atoms with Crippen molar-refractivity contribution in [3.63, 3.8) is 0 Å². The first-order valence-corrected chi connectivity index (χ1v) is 8.42. The molecule has 2 heteroatoms. The summed E-state index contributed by atoms with van der Waals surface area (Å²) in [5, 5.41) is 0. The van der Waals surface area contributed by atoms with E-state index in [0.29, 0.717) is 0 Å². The maximum Gasteiger partial charge on any atom is 0.108 e. The van der Waals surface area contributed by atoms with Crippen LogP contribution < -0.4 is 0 Å². The minimum absolute atomic E-state index is 1.09. The molecule has 0 aliphatic rings. The molecule has 0 saturated carbocycles. The van der Waals surface area contributed by atoms with E-state index in [1.807, 2.05) is 0 Å². The number of benzene rings is 1. The summed E-state index contributed by atoms with van der Waals surface area (Å²) in [5.74, 6) is 1.29. The van der Waals surface area contributed by atoms with Gasteiger partial charge in [-0.2, -0.15) is 0 Å². The van der Waals surface area contributed by atoms with Gasteiger partial charge in [0.25, 0.3) is 0 Å². The van der Waals surface area contributed by atoms with Crippen molar-refractivity contribution in [3.05, 3.63) is 53.6 Å². The summed E-state index contributed by atoms with van der Waals surface area (Å²) in [4.78, 5) is 4.86. The lowest BCUT2D eigenvalue weighted by molar-refractivity contribution is 0.620. The van der Waals surface area contributed by atoms with Gasteiger partial charge in [0, 0.05) is 19.2 Å². The topological polar surface area (TPSA) is 17.8 Å². The predicted molar refractivity (Wildman–Crippen MR) is 89.6 cm³/mol. The average Bonchev–Trinajstić information content (AvgIpc) is 2.89. The minimum atomic E-state index is 1.09. The van der Waals surface area contributed by atoms with Gasteiger partial charge in [-0.15, -0.1) is 0 Å². The average molecular weight is 284 g/mol. The van der Waals surface area contributed by atoms with E-state index in [1.165, 1.54) is 42.8 Å². The highest BCUT2D eigenvalue weighted by atomic mass is 15.1. The zero-order valence-electron chi connectivity index (χ0n) is 13.5. The van der Waals surface area contributed by atoms with Gasteiger partial charge < -0.3 is 4.57 Å². The third kappa shape index (κ3) is 5.04. The van der Waals surface area contributed by atoms with Gasteiger partial charge in [-0.05, 0) is 37.7 Å². The molecular weight excluding hydrogens is 256 g/mol. The number of nitrogens with zero attached hydrogens (tertiary/aromatic N) is 2. The Labute approximate surface area is 129 Å². The van der Waals surface area contributed by atoms with Gasteiger partial charge in [0.1, 0.15) is 5.82 Å². The van der Waals surface area contributed by atoms with E-state index in [9.17, 15) is 0 Å². The molecule has 0 unspecified atom stereocenters. The normalized spacial score (nSPS) is 11.0. The standard InChI is InChI=1S/C19H28N2/c1-3-5-14-19-20-18(16-21(19)15-4-2)13-9-12-17-10-7-6-8-11-17/h6-8,10-11,16H,3-5,9,12-15H2,1-2H3. The van der Waals surface area contributed by atoms with Crippen LogP contribution in [-0.2, 0) is 25.8 Å². The molecule has 1 aromatic carbocycles. The van der Waals surface area contributed by atoms with Gasteiger partial charge in [-0.25, -0.2) is 4.98 Å². The second-order valence-electron chi connectivity index (χ2n) is 5.78. The summed E-state index contributed by atoms with van der Waals surface area (Å²) in [5.41, 5.74) is 2.70. The maximum absolute atomic E-state index is 4.86.